The van der Waals surface area contributed by atoms with E-state index in [2.05, 4.69) is 17.9 Å². The van der Waals surface area contributed by atoms with Gasteiger partial charge in [0.05, 0.1) is 0 Å². The van der Waals surface area contributed by atoms with Gasteiger partial charge in [-0.3, -0.25) is 4.79 Å². The normalized spacial score (nSPS) is 13.1. The smallest absolute Gasteiger partial charge is 0.326 e. The number of carboxylic acids is 3. The SMILES string of the molecule is O=C(O)CC[C@H](NC(=O)N[C@@H](CCS)C(=O)O)C(=O)O. The summed E-state index contributed by atoms with van der Waals surface area (Å²) in [6.45, 7) is 0. The van der Waals surface area contributed by atoms with Crippen LogP contribution in [0.2, 0.25) is 0 Å². The fourth-order valence-corrected chi connectivity index (χ4v) is 1.53. The van der Waals surface area contributed by atoms with E-state index in [1.54, 1.807) is 0 Å². The van der Waals surface area contributed by atoms with Gasteiger partial charge in [0.1, 0.15) is 12.1 Å². The third-order valence-corrected chi connectivity index (χ3v) is 2.53. The zero-order chi connectivity index (χ0) is 15.7. The maximum atomic E-state index is 11.5. The summed E-state index contributed by atoms with van der Waals surface area (Å²) < 4.78 is 0. The second kappa shape index (κ2) is 9.02. The lowest BCUT2D eigenvalue weighted by atomic mass is 10.1. The number of nitrogens with one attached hydrogen (secondary N) is 2. The molecule has 0 aliphatic heterocycles. The Hall–Kier alpha value is -1.97. The Morgan fingerprint density at radius 1 is 0.900 bits per heavy atom. The first-order valence-electron chi connectivity index (χ1n) is 5.63. The van der Waals surface area contributed by atoms with Crippen LogP contribution in [0.3, 0.4) is 0 Å². The number of urea groups is 1. The third kappa shape index (κ3) is 7.46. The van der Waals surface area contributed by atoms with Crippen LogP contribution in [0.15, 0.2) is 0 Å². The molecular formula is C10H16N2O7S. The molecule has 0 fully saturated rings. The molecule has 9 nitrogen and oxygen atoms in total. The van der Waals surface area contributed by atoms with E-state index in [1.807, 2.05) is 5.32 Å². The van der Waals surface area contributed by atoms with Gasteiger partial charge in [-0.2, -0.15) is 12.6 Å². The molecule has 0 unspecified atom stereocenters. The van der Waals surface area contributed by atoms with E-state index in [0.29, 0.717) is 0 Å². The van der Waals surface area contributed by atoms with Crippen LogP contribution in [-0.4, -0.2) is 57.1 Å². The lowest BCUT2D eigenvalue weighted by Gasteiger charge is -2.17. The lowest BCUT2D eigenvalue weighted by Crippen LogP contribution is -2.51. The maximum Gasteiger partial charge on any atom is 0.326 e. The first-order valence-corrected chi connectivity index (χ1v) is 6.26. The Morgan fingerprint density at radius 2 is 1.35 bits per heavy atom. The molecule has 2 atom stereocenters. The fraction of sp³-hybridized carbons (Fsp3) is 0.600. The number of carbonyl (C=O) groups excluding carboxylic acids is 1. The second-order valence-electron chi connectivity index (χ2n) is 3.84. The Kier molecular flexibility index (Phi) is 8.13. The molecule has 0 rings (SSSR count). The molecule has 114 valence electrons. The standard InChI is InChI=1S/C10H16N2O7S/c13-7(14)2-1-5(8(15)16)11-10(19)12-6(3-4-20)9(17)18/h5-6,20H,1-4H2,(H,13,14)(H,15,16)(H,17,18)(H2,11,12,19)/t5-,6-/m0/s1. The van der Waals surface area contributed by atoms with Gasteiger partial charge in [-0.15, -0.1) is 0 Å². The zero-order valence-corrected chi connectivity index (χ0v) is 11.3. The number of carboxylic acid groups (broad SMARTS) is 3. The van der Waals surface area contributed by atoms with Crippen LogP contribution in [0.5, 0.6) is 0 Å². The maximum absolute atomic E-state index is 11.5. The average molecular weight is 308 g/mol. The summed E-state index contributed by atoms with van der Waals surface area (Å²) in [4.78, 5) is 43.4. The molecule has 0 saturated heterocycles. The minimum Gasteiger partial charge on any atom is -0.481 e. The highest BCUT2D eigenvalue weighted by molar-refractivity contribution is 7.80. The van der Waals surface area contributed by atoms with Crippen LogP contribution in [-0.2, 0) is 14.4 Å². The second-order valence-corrected chi connectivity index (χ2v) is 4.29. The van der Waals surface area contributed by atoms with Gasteiger partial charge in [0.15, 0.2) is 0 Å². The van der Waals surface area contributed by atoms with Crippen LogP contribution in [0.4, 0.5) is 4.79 Å². The van der Waals surface area contributed by atoms with E-state index in [-0.39, 0.29) is 18.6 Å². The highest BCUT2D eigenvalue weighted by Crippen LogP contribution is 1.99. The minimum absolute atomic E-state index is 0.0682. The van der Waals surface area contributed by atoms with E-state index in [1.165, 1.54) is 0 Å². The monoisotopic (exact) mass is 308 g/mol. The molecule has 0 aliphatic rings. The summed E-state index contributed by atoms with van der Waals surface area (Å²) in [5.41, 5.74) is 0. The molecule has 5 N–H and O–H groups in total. The van der Waals surface area contributed by atoms with Gasteiger partial charge < -0.3 is 26.0 Å². The van der Waals surface area contributed by atoms with Crippen molar-refractivity contribution in [2.45, 2.75) is 31.3 Å². The number of hydrogen-bond acceptors (Lipinski definition) is 5. The largest absolute Gasteiger partial charge is 0.481 e. The topological polar surface area (TPSA) is 153 Å². The van der Waals surface area contributed by atoms with Crippen LogP contribution >= 0.6 is 12.6 Å². The molecule has 0 aromatic carbocycles. The number of hydrogen-bond donors (Lipinski definition) is 6. The van der Waals surface area contributed by atoms with Crippen LogP contribution in [0.25, 0.3) is 0 Å². The van der Waals surface area contributed by atoms with E-state index < -0.39 is 42.4 Å². The van der Waals surface area contributed by atoms with E-state index in [0.717, 1.165) is 0 Å². The summed E-state index contributed by atoms with van der Waals surface area (Å²) in [5.74, 6) is -3.65. The Morgan fingerprint density at radius 3 is 1.70 bits per heavy atom. The molecule has 0 bridgehead atoms. The predicted molar refractivity (Wildman–Crippen MR) is 69.9 cm³/mol. The van der Waals surface area contributed by atoms with Crippen LogP contribution < -0.4 is 10.6 Å². The van der Waals surface area contributed by atoms with Gasteiger partial charge in [-0.1, -0.05) is 0 Å². The zero-order valence-electron chi connectivity index (χ0n) is 10.4. The Balaban J connectivity index is 4.47. The number of thiol groups is 1. The molecular weight excluding hydrogens is 292 g/mol. The highest BCUT2D eigenvalue weighted by atomic mass is 32.1. The minimum atomic E-state index is -1.41. The van der Waals surface area contributed by atoms with Crippen molar-refractivity contribution in [2.24, 2.45) is 0 Å². The van der Waals surface area contributed by atoms with Gasteiger partial charge >= 0.3 is 23.9 Å². The van der Waals surface area contributed by atoms with Gasteiger partial charge in [0.2, 0.25) is 0 Å². The number of carbonyl (C=O) groups is 4. The third-order valence-electron chi connectivity index (χ3n) is 2.27. The summed E-state index contributed by atoms with van der Waals surface area (Å²) in [5, 5.41) is 30.2. The number of aliphatic carboxylic acids is 3. The van der Waals surface area contributed by atoms with E-state index in [9.17, 15) is 19.2 Å². The van der Waals surface area contributed by atoms with Gasteiger partial charge in [-0.05, 0) is 18.6 Å². The van der Waals surface area contributed by atoms with Crippen molar-refractivity contribution in [3.63, 3.8) is 0 Å². The molecule has 20 heavy (non-hydrogen) atoms. The molecule has 0 heterocycles. The summed E-state index contributed by atoms with van der Waals surface area (Å²) in [7, 11) is 0. The number of rotatable bonds is 9. The van der Waals surface area contributed by atoms with E-state index in [4.69, 9.17) is 15.3 Å². The Labute approximate surface area is 119 Å². The average Bonchev–Trinajstić information content (AvgIpc) is 2.33. The van der Waals surface area contributed by atoms with Crippen molar-refractivity contribution in [1.29, 1.82) is 0 Å². The van der Waals surface area contributed by atoms with Crippen LogP contribution in [0.1, 0.15) is 19.3 Å². The summed E-state index contributed by atoms with van der Waals surface area (Å²) in [6.07, 6.45) is -0.669. The molecule has 0 radical (unpaired) electrons. The van der Waals surface area contributed by atoms with Crippen molar-refractivity contribution in [1.82, 2.24) is 10.6 Å². The molecule has 0 aromatic rings. The number of amides is 2. The first kappa shape index (κ1) is 18.0. The molecule has 0 saturated carbocycles. The molecule has 0 spiro atoms. The van der Waals surface area contributed by atoms with Gasteiger partial charge in [0, 0.05) is 6.42 Å². The van der Waals surface area contributed by atoms with Crippen LogP contribution in [0, 0.1) is 0 Å². The van der Waals surface area contributed by atoms with Crippen molar-refractivity contribution in [3.8, 4) is 0 Å². The molecule has 10 heteroatoms. The molecule has 0 aromatic heterocycles. The summed E-state index contributed by atoms with van der Waals surface area (Å²) >= 11 is 3.84. The van der Waals surface area contributed by atoms with Crippen molar-refractivity contribution < 1.29 is 34.5 Å². The van der Waals surface area contributed by atoms with E-state index >= 15 is 0 Å². The predicted octanol–water partition coefficient (Wildman–Crippen LogP) is -0.623. The quantitative estimate of drug-likeness (QED) is 0.310. The van der Waals surface area contributed by atoms with Crippen molar-refractivity contribution in [2.75, 3.05) is 5.75 Å². The fourth-order valence-electron chi connectivity index (χ4n) is 1.27. The Bertz CT molecular complexity index is 388. The van der Waals surface area contributed by atoms with Crippen molar-refractivity contribution >= 4 is 36.6 Å². The summed E-state index contributed by atoms with van der Waals surface area (Å²) in [6, 6.07) is -3.59. The van der Waals surface area contributed by atoms with Gasteiger partial charge in [-0.25, -0.2) is 14.4 Å². The highest BCUT2D eigenvalue weighted by Gasteiger charge is 2.24. The molecule has 2 amide bonds. The molecule has 0 aliphatic carbocycles. The lowest BCUT2D eigenvalue weighted by molar-refractivity contribution is -0.140. The van der Waals surface area contributed by atoms with Gasteiger partial charge in [0.25, 0.3) is 0 Å². The first-order chi connectivity index (χ1) is 9.27. The van der Waals surface area contributed by atoms with Crippen molar-refractivity contribution in [3.05, 3.63) is 0 Å².